The fraction of sp³-hybridized carbons (Fsp3) is 0.150. The average Bonchev–Trinajstić information content (AvgIpc) is 2.97. The third-order valence-corrected chi connectivity index (χ3v) is 5.76. The summed E-state index contributed by atoms with van der Waals surface area (Å²) in [5.74, 6) is -1.85. The third-order valence-electron chi connectivity index (χ3n) is 4.13. The van der Waals surface area contributed by atoms with Gasteiger partial charge in [0.1, 0.15) is 0 Å². The SMILES string of the molecule is Cc1cc(Cl)ccc1-c1cc(C(=O)C(F)(F)F)sc1-c1ccc(Cl)cc1C. The summed E-state index contributed by atoms with van der Waals surface area (Å²) in [5, 5.41) is 1.06. The topological polar surface area (TPSA) is 17.1 Å². The first-order valence-electron chi connectivity index (χ1n) is 7.86. The molecule has 0 unspecified atom stereocenters. The van der Waals surface area contributed by atoms with Crippen molar-refractivity contribution in [2.45, 2.75) is 20.0 Å². The Morgan fingerprint density at radius 2 is 1.37 bits per heavy atom. The molecule has 0 N–H and O–H groups in total. The Labute approximate surface area is 168 Å². The van der Waals surface area contributed by atoms with Gasteiger partial charge in [0.15, 0.2) is 0 Å². The minimum absolute atomic E-state index is 0.351. The Kier molecular flexibility index (Phi) is 5.39. The Morgan fingerprint density at radius 3 is 1.85 bits per heavy atom. The monoisotopic (exact) mass is 428 g/mol. The molecule has 1 heterocycles. The van der Waals surface area contributed by atoms with Crippen LogP contribution in [-0.2, 0) is 0 Å². The Balaban J connectivity index is 2.27. The molecule has 0 radical (unpaired) electrons. The molecule has 3 rings (SSSR count). The van der Waals surface area contributed by atoms with E-state index in [4.69, 9.17) is 23.2 Å². The van der Waals surface area contributed by atoms with Crippen molar-refractivity contribution < 1.29 is 18.0 Å². The van der Waals surface area contributed by atoms with Gasteiger partial charge >= 0.3 is 6.18 Å². The molecule has 0 saturated heterocycles. The van der Waals surface area contributed by atoms with Gasteiger partial charge in [0.05, 0.1) is 4.88 Å². The molecule has 0 spiro atoms. The summed E-state index contributed by atoms with van der Waals surface area (Å²) in [7, 11) is 0. The molecule has 0 fully saturated rings. The highest BCUT2D eigenvalue weighted by Gasteiger charge is 2.40. The molecule has 1 nitrogen and oxygen atoms in total. The zero-order valence-corrected chi connectivity index (χ0v) is 16.6. The van der Waals surface area contributed by atoms with Crippen LogP contribution in [0.4, 0.5) is 13.2 Å². The summed E-state index contributed by atoms with van der Waals surface area (Å²) >= 11 is 12.8. The zero-order chi connectivity index (χ0) is 19.9. The van der Waals surface area contributed by atoms with Crippen molar-refractivity contribution in [1.29, 1.82) is 0 Å². The minimum Gasteiger partial charge on any atom is -0.283 e. The van der Waals surface area contributed by atoms with E-state index in [1.54, 1.807) is 36.4 Å². The first-order valence-corrected chi connectivity index (χ1v) is 9.43. The number of carbonyl (C=O) groups is 1. The number of halogens is 5. The van der Waals surface area contributed by atoms with Crippen LogP contribution < -0.4 is 0 Å². The van der Waals surface area contributed by atoms with Crippen LogP contribution in [0.2, 0.25) is 10.0 Å². The van der Waals surface area contributed by atoms with Gasteiger partial charge in [0.2, 0.25) is 0 Å². The number of hydrogen-bond donors (Lipinski definition) is 0. The number of rotatable bonds is 3. The van der Waals surface area contributed by atoms with Crippen molar-refractivity contribution in [2.75, 3.05) is 0 Å². The minimum atomic E-state index is -4.93. The van der Waals surface area contributed by atoms with Gasteiger partial charge < -0.3 is 0 Å². The van der Waals surface area contributed by atoms with Crippen molar-refractivity contribution >= 4 is 40.3 Å². The zero-order valence-electron chi connectivity index (χ0n) is 14.2. The average molecular weight is 429 g/mol. The molecule has 1 aromatic heterocycles. The van der Waals surface area contributed by atoms with Crippen LogP contribution in [0.5, 0.6) is 0 Å². The second-order valence-corrected chi connectivity index (χ2v) is 8.02. The lowest BCUT2D eigenvalue weighted by molar-refractivity contribution is -0.0882. The molecule has 140 valence electrons. The maximum atomic E-state index is 13.0. The van der Waals surface area contributed by atoms with E-state index >= 15 is 0 Å². The van der Waals surface area contributed by atoms with Crippen LogP contribution in [0.3, 0.4) is 0 Å². The molecule has 0 aliphatic rings. The van der Waals surface area contributed by atoms with Crippen molar-refractivity contribution in [3.05, 3.63) is 68.5 Å². The highest BCUT2D eigenvalue weighted by molar-refractivity contribution is 7.18. The molecule has 7 heteroatoms. The molecule has 3 aromatic rings. The molecule has 2 aromatic carbocycles. The van der Waals surface area contributed by atoms with E-state index in [2.05, 4.69) is 0 Å². The standard InChI is InChI=1S/C20H13Cl2F3OS/c1-10-7-12(21)3-5-14(10)16-9-17(19(26)20(23,24)25)27-18(16)15-6-4-13(22)8-11(15)2/h3-9H,1-2H3. The molecule has 0 saturated carbocycles. The second kappa shape index (κ2) is 7.30. The number of ketones is 1. The number of hydrogen-bond acceptors (Lipinski definition) is 2. The molecular weight excluding hydrogens is 416 g/mol. The summed E-state index contributed by atoms with van der Waals surface area (Å²) in [6.07, 6.45) is -4.93. The third kappa shape index (κ3) is 4.05. The van der Waals surface area contributed by atoms with E-state index in [1.165, 1.54) is 6.07 Å². The van der Waals surface area contributed by atoms with Gasteiger partial charge in [-0.15, -0.1) is 11.3 Å². The van der Waals surface area contributed by atoms with Crippen LogP contribution in [0.25, 0.3) is 21.6 Å². The summed E-state index contributed by atoms with van der Waals surface area (Å²) in [4.78, 5) is 12.1. The Bertz CT molecular complexity index is 969. The molecule has 0 aliphatic carbocycles. The predicted octanol–water partition coefficient (Wildman–Crippen LogP) is 7.75. The quantitative estimate of drug-likeness (QED) is 0.389. The molecule has 0 amide bonds. The smallest absolute Gasteiger partial charge is 0.283 e. The fourth-order valence-corrected chi connectivity index (χ4v) is 4.53. The maximum absolute atomic E-state index is 13.0. The first kappa shape index (κ1) is 19.9. The van der Waals surface area contributed by atoms with Gasteiger partial charge in [-0.3, -0.25) is 4.79 Å². The summed E-state index contributed by atoms with van der Waals surface area (Å²) < 4.78 is 38.9. The molecular formula is C20H13Cl2F3OS. The number of carbonyl (C=O) groups excluding carboxylic acids is 1. The highest BCUT2D eigenvalue weighted by atomic mass is 35.5. The van der Waals surface area contributed by atoms with Gasteiger partial charge in [0, 0.05) is 20.5 Å². The van der Waals surface area contributed by atoms with E-state index in [-0.39, 0.29) is 4.88 Å². The van der Waals surface area contributed by atoms with Crippen LogP contribution >= 0.6 is 34.5 Å². The van der Waals surface area contributed by atoms with E-state index in [0.717, 1.165) is 33.6 Å². The second-order valence-electron chi connectivity index (χ2n) is 6.10. The lowest BCUT2D eigenvalue weighted by Gasteiger charge is -2.10. The number of benzene rings is 2. The lowest BCUT2D eigenvalue weighted by atomic mass is 9.96. The van der Waals surface area contributed by atoms with Crippen molar-refractivity contribution in [1.82, 2.24) is 0 Å². The van der Waals surface area contributed by atoms with Gasteiger partial charge in [-0.2, -0.15) is 13.2 Å². The van der Waals surface area contributed by atoms with E-state index < -0.39 is 12.0 Å². The largest absolute Gasteiger partial charge is 0.455 e. The molecule has 0 bridgehead atoms. The lowest BCUT2D eigenvalue weighted by Crippen LogP contribution is -2.21. The van der Waals surface area contributed by atoms with Crippen LogP contribution in [0.1, 0.15) is 20.8 Å². The summed E-state index contributed by atoms with van der Waals surface area (Å²) in [6.45, 7) is 3.65. The molecule has 27 heavy (non-hydrogen) atoms. The van der Waals surface area contributed by atoms with Crippen LogP contribution in [0.15, 0.2) is 42.5 Å². The fourth-order valence-electron chi connectivity index (χ4n) is 2.85. The number of Topliss-reactive ketones (excluding diaryl/α,β-unsaturated/α-hetero) is 1. The van der Waals surface area contributed by atoms with Crippen molar-refractivity contribution in [3.63, 3.8) is 0 Å². The van der Waals surface area contributed by atoms with Crippen molar-refractivity contribution in [2.24, 2.45) is 0 Å². The number of aryl methyl sites for hydroxylation is 2. The number of thiophene rings is 1. The van der Waals surface area contributed by atoms with Gasteiger partial charge in [-0.05, 0) is 66.4 Å². The molecule has 0 aliphatic heterocycles. The normalized spacial score (nSPS) is 11.7. The predicted molar refractivity (Wildman–Crippen MR) is 105 cm³/mol. The maximum Gasteiger partial charge on any atom is 0.455 e. The Morgan fingerprint density at radius 1 is 0.852 bits per heavy atom. The first-order chi connectivity index (χ1) is 12.6. The van der Waals surface area contributed by atoms with Gasteiger partial charge in [-0.25, -0.2) is 0 Å². The van der Waals surface area contributed by atoms with Gasteiger partial charge in [-0.1, -0.05) is 35.3 Å². The van der Waals surface area contributed by atoms with Crippen LogP contribution in [-0.4, -0.2) is 12.0 Å². The van der Waals surface area contributed by atoms with E-state index in [0.29, 0.717) is 20.5 Å². The highest BCUT2D eigenvalue weighted by Crippen LogP contribution is 2.43. The molecule has 0 atom stereocenters. The van der Waals surface area contributed by atoms with Crippen LogP contribution in [0, 0.1) is 13.8 Å². The number of alkyl halides is 3. The van der Waals surface area contributed by atoms with E-state index in [1.807, 2.05) is 13.8 Å². The van der Waals surface area contributed by atoms with Gasteiger partial charge in [0.25, 0.3) is 5.78 Å². The Hall–Kier alpha value is -1.82. The summed E-state index contributed by atoms with van der Waals surface area (Å²) in [6, 6.07) is 11.6. The van der Waals surface area contributed by atoms with Crippen molar-refractivity contribution in [3.8, 4) is 21.6 Å². The van der Waals surface area contributed by atoms with E-state index in [9.17, 15) is 18.0 Å². The summed E-state index contributed by atoms with van der Waals surface area (Å²) in [5.41, 5.74) is 3.63.